The summed E-state index contributed by atoms with van der Waals surface area (Å²) in [6, 6.07) is 8.30. The number of amides is 1. The van der Waals surface area contributed by atoms with Gasteiger partial charge in [-0.2, -0.15) is 0 Å². The Bertz CT molecular complexity index is 414. The largest absolute Gasteiger partial charge is 0.332 e. The quantitative estimate of drug-likeness (QED) is 0.704. The maximum absolute atomic E-state index is 12.0. The Kier molecular flexibility index (Phi) is 6.00. The van der Waals surface area contributed by atoms with Gasteiger partial charge in [-0.05, 0) is 25.3 Å². The van der Waals surface area contributed by atoms with Crippen LogP contribution in [0.4, 0.5) is 0 Å². The van der Waals surface area contributed by atoms with Crippen LogP contribution in [0.25, 0.3) is 0 Å². The Labute approximate surface area is 110 Å². The highest BCUT2D eigenvalue weighted by Gasteiger charge is 2.10. The number of rotatable bonds is 6. The number of aryl methyl sites for hydroxylation is 2. The van der Waals surface area contributed by atoms with Gasteiger partial charge in [0.05, 0.1) is 6.54 Å². The average Bonchev–Trinajstić information content (AvgIpc) is 2.37. The molecular weight excluding hydrogens is 222 g/mol. The summed E-state index contributed by atoms with van der Waals surface area (Å²) in [6.07, 6.45) is 7.53. The Morgan fingerprint density at radius 1 is 1.33 bits per heavy atom. The lowest BCUT2D eigenvalue weighted by Crippen LogP contribution is -2.32. The lowest BCUT2D eigenvalue weighted by Gasteiger charge is -2.19. The molecule has 1 aromatic carbocycles. The molecule has 0 saturated heterocycles. The molecule has 0 atom stereocenters. The molecule has 0 radical (unpaired) electrons. The van der Waals surface area contributed by atoms with Gasteiger partial charge in [0.1, 0.15) is 0 Å². The van der Waals surface area contributed by atoms with Gasteiger partial charge >= 0.3 is 0 Å². The summed E-state index contributed by atoms with van der Waals surface area (Å²) in [5, 5.41) is 0. The van der Waals surface area contributed by atoms with Crippen LogP contribution in [0.5, 0.6) is 0 Å². The van der Waals surface area contributed by atoms with Crippen LogP contribution in [-0.4, -0.2) is 23.9 Å². The molecule has 0 heterocycles. The van der Waals surface area contributed by atoms with Crippen LogP contribution in [0.1, 0.15) is 30.9 Å². The molecule has 0 spiro atoms. The molecular formula is C16H21NO. The van der Waals surface area contributed by atoms with E-state index in [1.807, 2.05) is 0 Å². The topological polar surface area (TPSA) is 20.3 Å². The maximum atomic E-state index is 12.0. The van der Waals surface area contributed by atoms with Gasteiger partial charge in [-0.1, -0.05) is 42.7 Å². The highest BCUT2D eigenvalue weighted by Crippen LogP contribution is 2.07. The van der Waals surface area contributed by atoms with Crippen molar-refractivity contribution in [1.82, 2.24) is 4.90 Å². The highest BCUT2D eigenvalue weighted by atomic mass is 16.2. The van der Waals surface area contributed by atoms with Crippen LogP contribution < -0.4 is 0 Å². The highest BCUT2D eigenvalue weighted by molar-refractivity contribution is 5.76. The Balaban J connectivity index is 2.48. The van der Waals surface area contributed by atoms with E-state index in [4.69, 9.17) is 6.42 Å². The molecule has 0 N–H and O–H groups in total. The molecule has 0 aliphatic carbocycles. The molecule has 96 valence electrons. The van der Waals surface area contributed by atoms with E-state index < -0.39 is 0 Å². The van der Waals surface area contributed by atoms with Crippen LogP contribution in [0, 0.1) is 19.3 Å². The van der Waals surface area contributed by atoms with Crippen molar-refractivity contribution >= 4 is 5.91 Å². The molecule has 0 fully saturated rings. The van der Waals surface area contributed by atoms with Crippen molar-refractivity contribution < 1.29 is 4.79 Å². The summed E-state index contributed by atoms with van der Waals surface area (Å²) in [5.74, 6) is 2.69. The summed E-state index contributed by atoms with van der Waals surface area (Å²) < 4.78 is 0. The first-order valence-electron chi connectivity index (χ1n) is 6.44. The van der Waals surface area contributed by atoms with Crippen LogP contribution in [-0.2, 0) is 11.2 Å². The van der Waals surface area contributed by atoms with Gasteiger partial charge in [-0.25, -0.2) is 0 Å². The van der Waals surface area contributed by atoms with Crippen molar-refractivity contribution in [3.63, 3.8) is 0 Å². The summed E-state index contributed by atoms with van der Waals surface area (Å²) in [5.41, 5.74) is 2.44. The van der Waals surface area contributed by atoms with Crippen molar-refractivity contribution in [2.75, 3.05) is 13.1 Å². The maximum Gasteiger partial charge on any atom is 0.223 e. The van der Waals surface area contributed by atoms with Crippen molar-refractivity contribution in [2.45, 2.75) is 33.1 Å². The second kappa shape index (κ2) is 7.55. The van der Waals surface area contributed by atoms with Crippen LogP contribution >= 0.6 is 0 Å². The number of terminal acetylenes is 1. The molecule has 0 bridgehead atoms. The van der Waals surface area contributed by atoms with Gasteiger partial charge in [-0.15, -0.1) is 6.42 Å². The third-order valence-corrected chi connectivity index (χ3v) is 2.88. The van der Waals surface area contributed by atoms with E-state index >= 15 is 0 Å². The van der Waals surface area contributed by atoms with Crippen molar-refractivity contribution in [3.8, 4) is 12.3 Å². The second-order valence-electron chi connectivity index (χ2n) is 4.51. The third kappa shape index (κ3) is 4.63. The van der Waals surface area contributed by atoms with Gasteiger partial charge in [0.25, 0.3) is 0 Å². The van der Waals surface area contributed by atoms with Crippen LogP contribution in [0.2, 0.25) is 0 Å². The Morgan fingerprint density at radius 2 is 2.00 bits per heavy atom. The van der Waals surface area contributed by atoms with E-state index in [-0.39, 0.29) is 5.91 Å². The molecule has 1 amide bonds. The van der Waals surface area contributed by atoms with Gasteiger partial charge in [-0.3, -0.25) is 4.79 Å². The molecule has 2 nitrogen and oxygen atoms in total. The van der Waals surface area contributed by atoms with Crippen LogP contribution in [0.3, 0.4) is 0 Å². The van der Waals surface area contributed by atoms with Gasteiger partial charge in [0, 0.05) is 13.0 Å². The summed E-state index contributed by atoms with van der Waals surface area (Å²) >= 11 is 0. The smallest absolute Gasteiger partial charge is 0.223 e. The molecule has 2 heteroatoms. The monoisotopic (exact) mass is 243 g/mol. The number of benzene rings is 1. The minimum absolute atomic E-state index is 0.148. The third-order valence-electron chi connectivity index (χ3n) is 2.88. The minimum Gasteiger partial charge on any atom is -0.332 e. The number of hydrogen-bond acceptors (Lipinski definition) is 1. The fourth-order valence-electron chi connectivity index (χ4n) is 1.84. The normalized spacial score (nSPS) is 9.83. The van der Waals surface area contributed by atoms with Crippen LogP contribution in [0.15, 0.2) is 24.3 Å². The van der Waals surface area contributed by atoms with Crippen molar-refractivity contribution in [2.24, 2.45) is 0 Å². The van der Waals surface area contributed by atoms with E-state index in [9.17, 15) is 4.79 Å². The van der Waals surface area contributed by atoms with E-state index in [0.717, 1.165) is 19.4 Å². The average molecular weight is 243 g/mol. The predicted molar refractivity (Wildman–Crippen MR) is 75.2 cm³/mol. The Hall–Kier alpha value is -1.75. The van der Waals surface area contributed by atoms with E-state index in [0.29, 0.717) is 13.0 Å². The molecule has 18 heavy (non-hydrogen) atoms. The predicted octanol–water partition coefficient (Wildman–Crippen LogP) is 2.80. The zero-order valence-corrected chi connectivity index (χ0v) is 11.3. The second-order valence-corrected chi connectivity index (χ2v) is 4.51. The van der Waals surface area contributed by atoms with Gasteiger partial charge in [0.15, 0.2) is 0 Å². The SMILES string of the molecule is C#CCN(CCC)C(=O)CCc1ccc(C)cc1. The van der Waals surface area contributed by atoms with Crippen molar-refractivity contribution in [3.05, 3.63) is 35.4 Å². The molecule has 0 aromatic heterocycles. The lowest BCUT2D eigenvalue weighted by molar-refractivity contribution is -0.130. The van der Waals surface area contributed by atoms with E-state index in [1.54, 1.807) is 4.90 Å². The van der Waals surface area contributed by atoms with E-state index in [2.05, 4.69) is 44.0 Å². The van der Waals surface area contributed by atoms with Gasteiger partial charge < -0.3 is 4.90 Å². The fraction of sp³-hybridized carbons (Fsp3) is 0.438. The molecule has 1 rings (SSSR count). The molecule has 0 aliphatic rings. The van der Waals surface area contributed by atoms with Gasteiger partial charge in [0.2, 0.25) is 5.91 Å². The summed E-state index contributed by atoms with van der Waals surface area (Å²) in [4.78, 5) is 13.8. The number of hydrogen-bond donors (Lipinski definition) is 0. The zero-order valence-electron chi connectivity index (χ0n) is 11.3. The number of carbonyl (C=O) groups is 1. The lowest BCUT2D eigenvalue weighted by atomic mass is 10.1. The standard InChI is InChI=1S/C16H21NO/c1-4-12-17(13-5-2)16(18)11-10-15-8-6-14(3)7-9-15/h1,6-9H,5,10-13H2,2-3H3. The first-order chi connectivity index (χ1) is 8.67. The van der Waals surface area contributed by atoms with E-state index in [1.165, 1.54) is 11.1 Å². The number of carbonyl (C=O) groups excluding carboxylic acids is 1. The number of nitrogens with zero attached hydrogens (tertiary/aromatic N) is 1. The first kappa shape index (κ1) is 14.3. The molecule has 0 unspecified atom stereocenters. The first-order valence-corrected chi connectivity index (χ1v) is 6.44. The Morgan fingerprint density at radius 3 is 2.56 bits per heavy atom. The minimum atomic E-state index is 0.148. The zero-order chi connectivity index (χ0) is 13.4. The summed E-state index contributed by atoms with van der Waals surface area (Å²) in [7, 11) is 0. The molecule has 0 aliphatic heterocycles. The van der Waals surface area contributed by atoms with Crippen molar-refractivity contribution in [1.29, 1.82) is 0 Å². The summed E-state index contributed by atoms with van der Waals surface area (Å²) in [6.45, 7) is 5.28. The fourth-order valence-corrected chi connectivity index (χ4v) is 1.84. The molecule has 0 saturated carbocycles. The molecule has 1 aromatic rings.